The van der Waals surface area contributed by atoms with E-state index >= 15 is 0 Å². The Morgan fingerprint density at radius 2 is 0.583 bits per heavy atom. The lowest BCUT2D eigenvalue weighted by Gasteiger charge is -2.11. The third-order valence-corrected chi connectivity index (χ3v) is 8.33. The summed E-state index contributed by atoms with van der Waals surface area (Å²) in [6, 6.07) is 41.1. The fourth-order valence-electron chi connectivity index (χ4n) is 5.49. The van der Waals surface area contributed by atoms with Gasteiger partial charge in [-0.2, -0.15) is 0 Å². The van der Waals surface area contributed by atoms with Crippen molar-refractivity contribution >= 4 is 0 Å². The van der Waals surface area contributed by atoms with Gasteiger partial charge < -0.3 is 29.9 Å². The first kappa shape index (κ1) is 32.1. The second-order valence-corrected chi connectivity index (χ2v) is 11.9. The molecule has 0 unspecified atom stereocenters. The SMILES string of the molecule is Oc1ccc(CCc2ccc(O)c(Oc3ccc(CCc4ccc(Oc5cc(CCc6ccc(O)cc6)ccc5O)cc4)cc3)c2)cc1. The fraction of sp³-hybridized carbons (Fsp3) is 0.143. The zero-order valence-electron chi connectivity index (χ0n) is 26.5. The maximum atomic E-state index is 10.4. The average Bonchev–Trinajstić information content (AvgIpc) is 3.10. The maximum Gasteiger partial charge on any atom is 0.169 e. The van der Waals surface area contributed by atoms with E-state index in [1.54, 1.807) is 36.4 Å². The Labute approximate surface area is 280 Å². The summed E-state index contributed by atoms with van der Waals surface area (Å²) in [5.74, 6) is 2.83. The molecule has 242 valence electrons. The van der Waals surface area contributed by atoms with Crippen LogP contribution in [0, 0.1) is 0 Å². The number of ether oxygens (including phenoxy) is 2. The highest BCUT2D eigenvalue weighted by Crippen LogP contribution is 2.34. The lowest BCUT2D eigenvalue weighted by atomic mass is 10.0. The van der Waals surface area contributed by atoms with Gasteiger partial charge in [0.2, 0.25) is 0 Å². The summed E-state index contributed by atoms with van der Waals surface area (Å²) in [6.45, 7) is 0. The normalized spacial score (nSPS) is 10.9. The number of aryl methyl sites for hydroxylation is 6. The predicted molar refractivity (Wildman–Crippen MR) is 188 cm³/mol. The minimum absolute atomic E-state index is 0.0911. The predicted octanol–water partition coefficient (Wildman–Crippen LogP) is 9.45. The van der Waals surface area contributed by atoms with Crippen LogP contribution in [0.5, 0.6) is 46.0 Å². The first-order valence-corrected chi connectivity index (χ1v) is 16.1. The van der Waals surface area contributed by atoms with Crippen LogP contribution in [0.1, 0.15) is 33.4 Å². The van der Waals surface area contributed by atoms with Crippen LogP contribution < -0.4 is 9.47 Å². The highest BCUT2D eigenvalue weighted by molar-refractivity contribution is 5.46. The lowest BCUT2D eigenvalue weighted by molar-refractivity contribution is 0.410. The van der Waals surface area contributed by atoms with Gasteiger partial charge in [-0.25, -0.2) is 0 Å². The average molecular weight is 639 g/mol. The van der Waals surface area contributed by atoms with Crippen LogP contribution in [-0.2, 0) is 38.5 Å². The summed E-state index contributed by atoms with van der Waals surface area (Å²) in [7, 11) is 0. The van der Waals surface area contributed by atoms with Gasteiger partial charge in [-0.3, -0.25) is 0 Å². The van der Waals surface area contributed by atoms with Crippen molar-refractivity contribution in [2.24, 2.45) is 0 Å². The molecule has 4 N–H and O–H groups in total. The van der Waals surface area contributed by atoms with Crippen molar-refractivity contribution in [3.05, 3.63) is 167 Å². The molecule has 48 heavy (non-hydrogen) atoms. The van der Waals surface area contributed by atoms with E-state index in [0.29, 0.717) is 23.0 Å². The summed E-state index contributed by atoms with van der Waals surface area (Å²) in [5.41, 5.74) is 6.70. The number of benzene rings is 6. The van der Waals surface area contributed by atoms with Gasteiger partial charge in [0.05, 0.1) is 0 Å². The maximum absolute atomic E-state index is 10.4. The van der Waals surface area contributed by atoms with Gasteiger partial charge in [-0.1, -0.05) is 60.7 Å². The van der Waals surface area contributed by atoms with Gasteiger partial charge in [-0.05, 0) is 145 Å². The quantitative estimate of drug-likeness (QED) is 0.101. The molecule has 0 atom stereocenters. The van der Waals surface area contributed by atoms with Crippen molar-refractivity contribution < 1.29 is 29.9 Å². The van der Waals surface area contributed by atoms with Crippen LogP contribution in [0.3, 0.4) is 0 Å². The third kappa shape index (κ3) is 8.89. The van der Waals surface area contributed by atoms with Gasteiger partial charge in [0, 0.05) is 0 Å². The van der Waals surface area contributed by atoms with Crippen molar-refractivity contribution in [2.45, 2.75) is 38.5 Å². The smallest absolute Gasteiger partial charge is 0.169 e. The number of hydrogen-bond donors (Lipinski definition) is 4. The fourth-order valence-corrected chi connectivity index (χ4v) is 5.49. The van der Waals surface area contributed by atoms with Gasteiger partial charge in [0.25, 0.3) is 0 Å². The van der Waals surface area contributed by atoms with E-state index in [1.807, 2.05) is 97.1 Å². The molecule has 6 nitrogen and oxygen atoms in total. The summed E-state index contributed by atoms with van der Waals surface area (Å²) >= 11 is 0. The molecule has 0 saturated carbocycles. The monoisotopic (exact) mass is 638 g/mol. The van der Waals surface area contributed by atoms with E-state index in [0.717, 1.165) is 60.8 Å². The number of hydrogen-bond acceptors (Lipinski definition) is 6. The molecule has 0 radical (unpaired) electrons. The van der Waals surface area contributed by atoms with Gasteiger partial charge >= 0.3 is 0 Å². The molecule has 6 rings (SSSR count). The Bertz CT molecular complexity index is 1790. The van der Waals surface area contributed by atoms with Crippen LogP contribution in [0.4, 0.5) is 0 Å². The third-order valence-electron chi connectivity index (χ3n) is 8.33. The summed E-state index contributed by atoms with van der Waals surface area (Å²) < 4.78 is 12.1. The lowest BCUT2D eigenvalue weighted by Crippen LogP contribution is -1.94. The number of rotatable bonds is 13. The topological polar surface area (TPSA) is 99.4 Å². The molecule has 0 bridgehead atoms. The molecule has 6 heteroatoms. The van der Waals surface area contributed by atoms with E-state index in [4.69, 9.17) is 9.47 Å². The minimum atomic E-state index is 0.0911. The second-order valence-electron chi connectivity index (χ2n) is 11.9. The molecule has 0 aromatic heterocycles. The second kappa shape index (κ2) is 15.1. The Kier molecular flexibility index (Phi) is 10.1. The zero-order chi connectivity index (χ0) is 33.3. The molecule has 6 aromatic carbocycles. The molecule has 6 aromatic rings. The molecule has 0 amide bonds. The number of aromatic hydroxyl groups is 4. The van der Waals surface area contributed by atoms with Crippen LogP contribution in [0.15, 0.2) is 133 Å². The van der Waals surface area contributed by atoms with Gasteiger partial charge in [0.15, 0.2) is 23.0 Å². The molecule has 0 fully saturated rings. The first-order valence-electron chi connectivity index (χ1n) is 16.1. The zero-order valence-corrected chi connectivity index (χ0v) is 26.5. The molecular weight excluding hydrogens is 600 g/mol. The largest absolute Gasteiger partial charge is 0.508 e. The summed E-state index contributed by atoms with van der Waals surface area (Å²) in [6.07, 6.45) is 4.90. The van der Waals surface area contributed by atoms with Crippen molar-refractivity contribution in [2.75, 3.05) is 0 Å². The van der Waals surface area contributed by atoms with Crippen LogP contribution >= 0.6 is 0 Å². The van der Waals surface area contributed by atoms with Crippen molar-refractivity contribution in [3.8, 4) is 46.0 Å². The van der Waals surface area contributed by atoms with E-state index in [1.165, 1.54) is 11.1 Å². The van der Waals surface area contributed by atoms with Crippen molar-refractivity contribution in [3.63, 3.8) is 0 Å². The molecule has 0 spiro atoms. The number of phenols is 4. The Morgan fingerprint density at radius 1 is 0.312 bits per heavy atom. The van der Waals surface area contributed by atoms with Crippen molar-refractivity contribution in [1.82, 2.24) is 0 Å². The molecular formula is C42H38O6. The van der Waals surface area contributed by atoms with Gasteiger partial charge in [0.1, 0.15) is 23.0 Å². The molecule has 0 saturated heterocycles. The number of phenolic OH excluding ortho intramolecular Hbond substituents is 4. The summed E-state index contributed by atoms with van der Waals surface area (Å²) in [4.78, 5) is 0. The van der Waals surface area contributed by atoms with Crippen molar-refractivity contribution in [1.29, 1.82) is 0 Å². The van der Waals surface area contributed by atoms with E-state index in [-0.39, 0.29) is 23.0 Å². The molecule has 0 heterocycles. The van der Waals surface area contributed by atoms with E-state index in [9.17, 15) is 20.4 Å². The van der Waals surface area contributed by atoms with Crippen LogP contribution in [-0.4, -0.2) is 20.4 Å². The molecule has 0 aliphatic heterocycles. The Morgan fingerprint density at radius 3 is 0.917 bits per heavy atom. The van der Waals surface area contributed by atoms with Crippen LogP contribution in [0.2, 0.25) is 0 Å². The molecule has 0 aliphatic rings. The highest BCUT2D eigenvalue weighted by atomic mass is 16.5. The van der Waals surface area contributed by atoms with E-state index in [2.05, 4.69) is 0 Å². The summed E-state index contributed by atoms with van der Waals surface area (Å²) in [5, 5.41) is 39.8. The van der Waals surface area contributed by atoms with Gasteiger partial charge in [-0.15, -0.1) is 0 Å². The highest BCUT2D eigenvalue weighted by Gasteiger charge is 2.09. The van der Waals surface area contributed by atoms with Crippen LogP contribution in [0.25, 0.3) is 0 Å². The molecule has 0 aliphatic carbocycles. The Hall–Kier alpha value is -5.88. The Balaban J connectivity index is 0.991. The standard InChI is InChI=1S/C42H38O6/c43-35-17-7-29(8-18-35)3-5-33-15-25-39(45)41(27-33)47-37-21-11-31(12-22-37)1-2-32-13-23-38(24-14-32)48-42-28-34(16-26-40(42)46)6-4-30-9-19-36(44)20-10-30/h7-28,43-46H,1-6H2. The van der Waals surface area contributed by atoms with E-state index < -0.39 is 0 Å². The first-order chi connectivity index (χ1) is 23.4. The minimum Gasteiger partial charge on any atom is -0.508 e.